The molecule has 3 aromatic rings. The fraction of sp³-hybridized carbons (Fsp3) is 0.462. The molecule has 3 heterocycles. The number of nitrogens with zero attached hydrogens (tertiary/aromatic N) is 2. The second kappa shape index (κ2) is 12.6. The van der Waals surface area contributed by atoms with Gasteiger partial charge < -0.3 is 23.5 Å². The van der Waals surface area contributed by atoms with Crippen molar-refractivity contribution in [1.82, 2.24) is 9.80 Å². The number of rotatable bonds is 10. The number of likely N-dealkylation sites (tertiary alicyclic amines) is 1. The number of hydrogen-bond donors (Lipinski definition) is 0. The third kappa shape index (κ3) is 5.32. The SMILES string of the molecule is CC(=O)Oc1ccc2c3c1O[C@H]1[C@@H](N(CC(C)C)C(=O)/C=C/c4ccoc4)CC[C@@]4(OC(C)=O)[C@@H](C2)N(CCc2ccccc2)CC[C@]314. The van der Waals surface area contributed by atoms with Crippen LogP contribution in [0.2, 0.25) is 0 Å². The van der Waals surface area contributed by atoms with Gasteiger partial charge in [0.25, 0.3) is 0 Å². The van der Waals surface area contributed by atoms with E-state index in [-0.39, 0.29) is 29.9 Å². The number of carbonyl (C=O) groups excluding carboxylic acids is 3. The molecule has 5 atom stereocenters. The fourth-order valence-electron chi connectivity index (χ4n) is 9.18. The Bertz CT molecular complexity index is 1720. The Morgan fingerprint density at radius 3 is 2.58 bits per heavy atom. The van der Waals surface area contributed by atoms with Crippen molar-refractivity contribution in [2.45, 2.75) is 89.0 Å². The molecule has 1 saturated heterocycles. The molecule has 9 nitrogen and oxygen atoms in total. The van der Waals surface area contributed by atoms with Crippen LogP contribution in [0.1, 0.15) is 69.2 Å². The number of esters is 2. The molecule has 1 amide bonds. The van der Waals surface area contributed by atoms with Gasteiger partial charge in [-0.1, -0.05) is 50.2 Å². The largest absolute Gasteiger partial charge is 0.483 e. The van der Waals surface area contributed by atoms with Crippen molar-refractivity contribution < 1.29 is 33.0 Å². The Hall–Kier alpha value is -4.37. The Balaban J connectivity index is 1.34. The van der Waals surface area contributed by atoms with Crippen LogP contribution in [0.5, 0.6) is 11.5 Å². The maximum Gasteiger partial charge on any atom is 0.308 e. The van der Waals surface area contributed by atoms with Crippen LogP contribution in [0.4, 0.5) is 0 Å². The maximum atomic E-state index is 14.1. The van der Waals surface area contributed by atoms with Gasteiger partial charge in [0.05, 0.1) is 30.0 Å². The van der Waals surface area contributed by atoms with Crippen molar-refractivity contribution in [1.29, 1.82) is 0 Å². The average molecular weight is 653 g/mol. The molecule has 2 fully saturated rings. The van der Waals surface area contributed by atoms with Crippen molar-refractivity contribution >= 4 is 23.9 Å². The number of benzene rings is 2. The summed E-state index contributed by atoms with van der Waals surface area (Å²) < 4.78 is 24.7. The van der Waals surface area contributed by atoms with Gasteiger partial charge in [-0.05, 0) is 73.9 Å². The number of carbonyl (C=O) groups is 3. The molecular formula is C39H44N2O7. The van der Waals surface area contributed by atoms with E-state index < -0.39 is 23.1 Å². The fourth-order valence-corrected chi connectivity index (χ4v) is 9.18. The van der Waals surface area contributed by atoms with Gasteiger partial charge in [-0.2, -0.15) is 0 Å². The molecule has 1 aromatic heterocycles. The molecule has 1 spiro atoms. The highest BCUT2D eigenvalue weighted by atomic mass is 16.6. The second-order valence-electron chi connectivity index (χ2n) is 14.1. The van der Waals surface area contributed by atoms with Crippen LogP contribution < -0.4 is 9.47 Å². The number of furan rings is 1. The highest BCUT2D eigenvalue weighted by Crippen LogP contribution is 2.67. The van der Waals surface area contributed by atoms with E-state index in [1.54, 1.807) is 24.7 Å². The lowest BCUT2D eigenvalue weighted by Gasteiger charge is -2.65. The molecule has 7 rings (SSSR count). The van der Waals surface area contributed by atoms with Crippen molar-refractivity contribution in [2.75, 3.05) is 19.6 Å². The Labute approximate surface area is 281 Å². The molecule has 0 N–H and O–H groups in total. The van der Waals surface area contributed by atoms with Crippen molar-refractivity contribution in [3.63, 3.8) is 0 Å². The summed E-state index contributed by atoms with van der Waals surface area (Å²) in [4.78, 5) is 44.0. The van der Waals surface area contributed by atoms with E-state index >= 15 is 0 Å². The van der Waals surface area contributed by atoms with E-state index in [1.165, 1.54) is 19.4 Å². The molecule has 4 aliphatic rings. The van der Waals surface area contributed by atoms with E-state index in [9.17, 15) is 14.4 Å². The van der Waals surface area contributed by atoms with Crippen LogP contribution in [-0.2, 0) is 37.4 Å². The predicted molar refractivity (Wildman–Crippen MR) is 179 cm³/mol. The van der Waals surface area contributed by atoms with Gasteiger partial charge in [-0.15, -0.1) is 0 Å². The first-order chi connectivity index (χ1) is 23.1. The highest BCUT2D eigenvalue weighted by Gasteiger charge is 2.75. The second-order valence-corrected chi connectivity index (χ2v) is 14.1. The zero-order valence-corrected chi connectivity index (χ0v) is 28.1. The van der Waals surface area contributed by atoms with E-state index in [0.29, 0.717) is 43.7 Å². The highest BCUT2D eigenvalue weighted by molar-refractivity contribution is 5.92. The Morgan fingerprint density at radius 1 is 1.06 bits per heavy atom. The number of ether oxygens (including phenoxy) is 3. The van der Waals surface area contributed by atoms with Gasteiger partial charge in [0.2, 0.25) is 5.91 Å². The van der Waals surface area contributed by atoms with Gasteiger partial charge in [-0.3, -0.25) is 19.3 Å². The van der Waals surface area contributed by atoms with Gasteiger partial charge in [-0.25, -0.2) is 0 Å². The monoisotopic (exact) mass is 652 g/mol. The number of hydrogen-bond acceptors (Lipinski definition) is 8. The lowest BCUT2D eigenvalue weighted by molar-refractivity contribution is -0.224. The van der Waals surface area contributed by atoms with Crippen molar-refractivity contribution in [3.05, 3.63) is 89.4 Å². The molecule has 2 bridgehead atoms. The standard InChI is InChI=1S/C39H44N2O7/c1-25(2)23-41(34(44)13-10-29-16-21-45-24-29)31-14-17-39(48-27(4)43)33-22-30-11-12-32(46-26(3)42)36-35(30)38(39,37(31)47-36)18-20-40(33)19-15-28-8-6-5-7-9-28/h5-13,16,21,24-25,31,33,37H,14-15,17-20,22-23H2,1-4H3/b13-10+/t31-,33+,37-,38-,39+/m0/s1. The summed E-state index contributed by atoms with van der Waals surface area (Å²) in [5.74, 6) is 0.232. The quantitative estimate of drug-likeness (QED) is 0.155. The molecule has 0 radical (unpaired) electrons. The summed E-state index contributed by atoms with van der Waals surface area (Å²) in [5, 5.41) is 0. The first-order valence-electron chi connectivity index (χ1n) is 17.1. The minimum Gasteiger partial charge on any atom is -0.483 e. The first kappa shape index (κ1) is 32.2. The average Bonchev–Trinajstić information content (AvgIpc) is 3.69. The summed E-state index contributed by atoms with van der Waals surface area (Å²) in [6.45, 7) is 9.22. The predicted octanol–water partition coefficient (Wildman–Crippen LogP) is 5.74. The summed E-state index contributed by atoms with van der Waals surface area (Å²) in [6, 6.07) is 15.8. The van der Waals surface area contributed by atoms with Gasteiger partial charge in [0, 0.05) is 44.1 Å². The first-order valence-corrected chi connectivity index (χ1v) is 17.1. The molecule has 9 heteroatoms. The van der Waals surface area contributed by atoms with E-state index in [1.807, 2.05) is 29.2 Å². The molecule has 2 aliphatic heterocycles. The zero-order chi connectivity index (χ0) is 33.6. The Kier molecular flexibility index (Phi) is 8.44. The zero-order valence-electron chi connectivity index (χ0n) is 28.1. The van der Waals surface area contributed by atoms with Gasteiger partial charge in [0.15, 0.2) is 11.5 Å². The van der Waals surface area contributed by atoms with Crippen LogP contribution in [-0.4, -0.2) is 71.1 Å². The third-order valence-corrected chi connectivity index (χ3v) is 10.8. The van der Waals surface area contributed by atoms with E-state index in [4.69, 9.17) is 18.6 Å². The van der Waals surface area contributed by atoms with E-state index in [2.05, 4.69) is 43.0 Å². The molecule has 2 aliphatic carbocycles. The van der Waals surface area contributed by atoms with Crippen LogP contribution >= 0.6 is 0 Å². The smallest absolute Gasteiger partial charge is 0.308 e. The molecule has 0 unspecified atom stereocenters. The Morgan fingerprint density at radius 2 is 1.88 bits per heavy atom. The van der Waals surface area contributed by atoms with Crippen LogP contribution in [0.25, 0.3) is 6.08 Å². The van der Waals surface area contributed by atoms with Crippen LogP contribution in [0.15, 0.2) is 71.6 Å². The lowest BCUT2D eigenvalue weighted by Crippen LogP contribution is -2.79. The van der Waals surface area contributed by atoms with E-state index in [0.717, 1.165) is 36.2 Å². The summed E-state index contributed by atoms with van der Waals surface area (Å²) >= 11 is 0. The van der Waals surface area contributed by atoms with Crippen LogP contribution in [0.3, 0.4) is 0 Å². The normalized spacial score (nSPS) is 27.0. The number of amides is 1. The van der Waals surface area contributed by atoms with Gasteiger partial charge in [0.1, 0.15) is 11.7 Å². The lowest BCUT2D eigenvalue weighted by atomic mass is 9.48. The molecule has 252 valence electrons. The van der Waals surface area contributed by atoms with Crippen LogP contribution in [0, 0.1) is 5.92 Å². The number of piperidine rings is 1. The van der Waals surface area contributed by atoms with Gasteiger partial charge >= 0.3 is 11.9 Å². The summed E-state index contributed by atoms with van der Waals surface area (Å²) in [6.07, 6.45) is 9.44. The van der Waals surface area contributed by atoms with Crippen molar-refractivity contribution in [3.8, 4) is 11.5 Å². The minimum atomic E-state index is -0.888. The molecular weight excluding hydrogens is 608 g/mol. The maximum absolute atomic E-state index is 14.1. The molecule has 2 aromatic carbocycles. The molecule has 48 heavy (non-hydrogen) atoms. The topological polar surface area (TPSA) is 98.5 Å². The summed E-state index contributed by atoms with van der Waals surface area (Å²) in [7, 11) is 0. The van der Waals surface area contributed by atoms with Crippen molar-refractivity contribution in [2.24, 2.45) is 5.92 Å². The molecule has 1 saturated carbocycles. The minimum absolute atomic E-state index is 0.0841. The third-order valence-electron chi connectivity index (χ3n) is 10.8. The summed E-state index contributed by atoms with van der Waals surface area (Å²) in [5.41, 5.74) is 2.53.